The van der Waals surface area contributed by atoms with E-state index in [1.165, 1.54) is 6.92 Å². The molecule has 0 aliphatic heterocycles. The minimum absolute atomic E-state index is 0.0135. The predicted molar refractivity (Wildman–Crippen MR) is 59.6 cm³/mol. The maximum atomic E-state index is 12.2. The Morgan fingerprint density at radius 3 is 2.62 bits per heavy atom. The molecule has 1 N–H and O–H groups in total. The Kier molecular flexibility index (Phi) is 4.89. The van der Waals surface area contributed by atoms with Gasteiger partial charge in [-0.1, -0.05) is 0 Å². The van der Waals surface area contributed by atoms with E-state index in [1.807, 2.05) is 0 Å². The maximum Gasteiger partial charge on any atom is 0.573 e. The number of pyridine rings is 1. The molecule has 11 heteroatoms. The first-order chi connectivity index (χ1) is 9.64. The third kappa shape index (κ3) is 4.78. The van der Waals surface area contributed by atoms with E-state index in [9.17, 15) is 33.2 Å². The largest absolute Gasteiger partial charge is 0.573 e. The van der Waals surface area contributed by atoms with Gasteiger partial charge in [0.2, 0.25) is 11.4 Å². The summed E-state index contributed by atoms with van der Waals surface area (Å²) in [4.78, 5) is 24.0. The molecule has 1 aromatic rings. The standard InChI is InChI=1S/C10H9F3N2O6/c1-2-20-8(16)3-5-9(17)6(21-10(11,12)13)4-7(14-5)15(18)19/h4,17H,2-3H2,1H3. The Morgan fingerprint density at radius 1 is 1.52 bits per heavy atom. The molecule has 21 heavy (non-hydrogen) atoms. The summed E-state index contributed by atoms with van der Waals surface area (Å²) in [5.74, 6) is -4.26. The lowest BCUT2D eigenvalue weighted by Crippen LogP contribution is -2.18. The quantitative estimate of drug-likeness (QED) is 0.500. The normalized spacial score (nSPS) is 11.0. The molecule has 0 aliphatic rings. The van der Waals surface area contributed by atoms with Gasteiger partial charge in [-0.05, 0) is 16.8 Å². The minimum atomic E-state index is -5.17. The summed E-state index contributed by atoms with van der Waals surface area (Å²) in [6, 6.07) is 0.303. The molecule has 0 amide bonds. The van der Waals surface area contributed by atoms with Crippen molar-refractivity contribution in [3.63, 3.8) is 0 Å². The topological polar surface area (TPSA) is 112 Å². The van der Waals surface area contributed by atoms with Gasteiger partial charge < -0.3 is 24.7 Å². The lowest BCUT2D eigenvalue weighted by atomic mass is 10.2. The van der Waals surface area contributed by atoms with Crippen molar-refractivity contribution in [2.45, 2.75) is 19.7 Å². The van der Waals surface area contributed by atoms with Crippen LogP contribution in [0.2, 0.25) is 0 Å². The van der Waals surface area contributed by atoms with Crippen molar-refractivity contribution >= 4 is 11.8 Å². The number of rotatable bonds is 5. The Bertz CT molecular complexity index is 560. The zero-order valence-electron chi connectivity index (χ0n) is 10.5. The number of halogens is 3. The summed E-state index contributed by atoms with van der Waals surface area (Å²) >= 11 is 0. The van der Waals surface area contributed by atoms with Crippen LogP contribution in [0.5, 0.6) is 11.5 Å². The van der Waals surface area contributed by atoms with E-state index in [0.29, 0.717) is 6.07 Å². The van der Waals surface area contributed by atoms with Gasteiger partial charge in [0.25, 0.3) is 0 Å². The van der Waals surface area contributed by atoms with Crippen LogP contribution in [0, 0.1) is 10.1 Å². The number of aromatic nitrogens is 1. The van der Waals surface area contributed by atoms with E-state index in [-0.39, 0.29) is 6.61 Å². The number of nitro groups is 1. The summed E-state index contributed by atoms with van der Waals surface area (Å²) in [5.41, 5.74) is -0.651. The molecule has 0 fully saturated rings. The lowest BCUT2D eigenvalue weighted by molar-refractivity contribution is -0.389. The Labute approximate surface area is 115 Å². The fourth-order valence-corrected chi connectivity index (χ4v) is 1.32. The molecule has 1 aromatic heterocycles. The minimum Gasteiger partial charge on any atom is -0.501 e. The average molecular weight is 310 g/mol. The van der Waals surface area contributed by atoms with Crippen LogP contribution in [0.4, 0.5) is 19.0 Å². The van der Waals surface area contributed by atoms with Gasteiger partial charge in [-0.25, -0.2) is 0 Å². The molecular formula is C10H9F3N2O6. The van der Waals surface area contributed by atoms with E-state index in [0.717, 1.165) is 0 Å². The van der Waals surface area contributed by atoms with Crippen molar-refractivity contribution in [3.05, 3.63) is 21.9 Å². The number of nitrogens with zero attached hydrogens (tertiary/aromatic N) is 2. The van der Waals surface area contributed by atoms with Crippen LogP contribution in [0.1, 0.15) is 12.6 Å². The van der Waals surface area contributed by atoms with Crippen LogP contribution >= 0.6 is 0 Å². The smallest absolute Gasteiger partial charge is 0.501 e. The third-order valence-electron chi connectivity index (χ3n) is 2.05. The second-order valence-corrected chi connectivity index (χ2v) is 3.56. The van der Waals surface area contributed by atoms with Gasteiger partial charge in [-0.15, -0.1) is 13.2 Å². The van der Waals surface area contributed by atoms with E-state index in [2.05, 4.69) is 14.5 Å². The van der Waals surface area contributed by atoms with Crippen molar-refractivity contribution in [2.75, 3.05) is 6.61 Å². The molecule has 0 unspecified atom stereocenters. The first-order valence-electron chi connectivity index (χ1n) is 5.42. The van der Waals surface area contributed by atoms with Gasteiger partial charge in [0.1, 0.15) is 6.42 Å². The second kappa shape index (κ2) is 6.24. The van der Waals surface area contributed by atoms with E-state index >= 15 is 0 Å². The van der Waals surface area contributed by atoms with Crippen LogP contribution in [-0.2, 0) is 16.0 Å². The summed E-state index contributed by atoms with van der Waals surface area (Å²) in [7, 11) is 0. The molecule has 0 spiro atoms. The monoisotopic (exact) mass is 310 g/mol. The number of hydrogen-bond donors (Lipinski definition) is 1. The van der Waals surface area contributed by atoms with Gasteiger partial charge in [-0.3, -0.25) is 4.79 Å². The SMILES string of the molecule is CCOC(=O)Cc1nc([N+](=O)[O-])cc(OC(F)(F)F)c1O. The Morgan fingerprint density at radius 2 is 2.14 bits per heavy atom. The van der Waals surface area contributed by atoms with Gasteiger partial charge in [0, 0.05) is 0 Å². The Balaban J connectivity index is 3.22. The van der Waals surface area contributed by atoms with Crippen molar-refractivity contribution in [1.82, 2.24) is 4.98 Å². The summed E-state index contributed by atoms with van der Waals surface area (Å²) < 4.78 is 44.4. The molecular weight excluding hydrogens is 301 g/mol. The summed E-state index contributed by atoms with van der Waals surface area (Å²) in [6.07, 6.45) is -5.91. The predicted octanol–water partition coefficient (Wildman–Crippen LogP) is 1.70. The fraction of sp³-hybridized carbons (Fsp3) is 0.400. The Hall–Kier alpha value is -2.59. The first kappa shape index (κ1) is 16.5. The maximum absolute atomic E-state index is 12.2. The van der Waals surface area contributed by atoms with Crippen LogP contribution in [0.15, 0.2) is 6.07 Å². The van der Waals surface area contributed by atoms with Gasteiger partial charge in [0.05, 0.1) is 12.7 Å². The molecule has 0 saturated carbocycles. The van der Waals surface area contributed by atoms with Crippen molar-refractivity contribution in [2.24, 2.45) is 0 Å². The summed E-state index contributed by atoms with van der Waals surface area (Å²) in [6.45, 7) is 1.47. The highest BCUT2D eigenvalue weighted by molar-refractivity contribution is 5.73. The highest BCUT2D eigenvalue weighted by Crippen LogP contribution is 2.36. The van der Waals surface area contributed by atoms with E-state index in [1.54, 1.807) is 0 Å². The van der Waals surface area contributed by atoms with Crippen LogP contribution < -0.4 is 4.74 Å². The number of alkyl halides is 3. The first-order valence-corrected chi connectivity index (χ1v) is 5.42. The van der Waals surface area contributed by atoms with Crippen molar-refractivity contribution in [1.29, 1.82) is 0 Å². The highest BCUT2D eigenvalue weighted by atomic mass is 19.4. The van der Waals surface area contributed by atoms with Crippen molar-refractivity contribution < 1.29 is 37.5 Å². The molecule has 8 nitrogen and oxygen atoms in total. The molecule has 0 atom stereocenters. The molecule has 0 bridgehead atoms. The van der Waals surface area contributed by atoms with Crippen LogP contribution in [0.3, 0.4) is 0 Å². The molecule has 116 valence electrons. The van der Waals surface area contributed by atoms with E-state index < -0.39 is 46.7 Å². The zero-order valence-corrected chi connectivity index (χ0v) is 10.5. The fourth-order valence-electron chi connectivity index (χ4n) is 1.32. The third-order valence-corrected chi connectivity index (χ3v) is 2.05. The number of carbonyl (C=O) groups excluding carboxylic acids is 1. The zero-order chi connectivity index (χ0) is 16.2. The number of aromatic hydroxyl groups is 1. The van der Waals surface area contributed by atoms with Gasteiger partial charge >= 0.3 is 18.1 Å². The van der Waals surface area contributed by atoms with Crippen LogP contribution in [-0.4, -0.2) is 34.0 Å². The summed E-state index contributed by atoms with van der Waals surface area (Å²) in [5, 5.41) is 20.2. The highest BCUT2D eigenvalue weighted by Gasteiger charge is 2.35. The lowest BCUT2D eigenvalue weighted by Gasteiger charge is -2.10. The number of ether oxygens (including phenoxy) is 2. The van der Waals surface area contributed by atoms with Crippen molar-refractivity contribution in [3.8, 4) is 11.5 Å². The second-order valence-electron chi connectivity index (χ2n) is 3.56. The number of carbonyl (C=O) groups is 1. The average Bonchev–Trinajstić information content (AvgIpc) is 2.32. The molecule has 0 saturated heterocycles. The molecule has 0 aliphatic carbocycles. The molecule has 1 rings (SSSR count). The molecule has 0 radical (unpaired) electrons. The molecule has 1 heterocycles. The van der Waals surface area contributed by atoms with E-state index in [4.69, 9.17) is 0 Å². The number of esters is 1. The molecule has 0 aromatic carbocycles. The number of hydrogen-bond acceptors (Lipinski definition) is 7. The van der Waals surface area contributed by atoms with Crippen LogP contribution in [0.25, 0.3) is 0 Å². The van der Waals surface area contributed by atoms with Gasteiger partial charge in [0.15, 0.2) is 5.75 Å². The van der Waals surface area contributed by atoms with Gasteiger partial charge in [-0.2, -0.15) is 0 Å².